The van der Waals surface area contributed by atoms with Crippen LogP contribution in [0.1, 0.15) is 15.9 Å². The predicted octanol–water partition coefficient (Wildman–Crippen LogP) is 3.03. The Morgan fingerprint density at radius 1 is 0.977 bits per heavy atom. The Balaban J connectivity index is 0.000000934. The van der Waals surface area contributed by atoms with E-state index in [1.165, 1.54) is 49.0 Å². The topological polar surface area (TPSA) is 161 Å². The number of anilines is 1. The van der Waals surface area contributed by atoms with Gasteiger partial charge in [-0.1, -0.05) is 36.0 Å². The Kier molecular flexibility index (Phi) is 11.2. The largest absolute Gasteiger partial charge is 0.366 e. The van der Waals surface area contributed by atoms with E-state index in [0.717, 1.165) is 22.0 Å². The molecule has 0 fully saturated rings. The summed E-state index contributed by atoms with van der Waals surface area (Å²) in [7, 11) is 2.67. The number of aromatic nitrogens is 3. The van der Waals surface area contributed by atoms with Crippen molar-refractivity contribution < 1.29 is 22.8 Å². The minimum atomic E-state index is -3.65. The Morgan fingerprint density at radius 3 is 2.21 bits per heavy atom. The Labute approximate surface area is 254 Å². The number of hydrogen-bond donors (Lipinski definition) is 2. The van der Waals surface area contributed by atoms with Gasteiger partial charge in [-0.2, -0.15) is 0 Å². The van der Waals surface area contributed by atoms with Crippen LogP contribution in [0.4, 0.5) is 5.69 Å². The maximum atomic E-state index is 12.7. The van der Waals surface area contributed by atoms with Crippen LogP contribution < -0.4 is 11.1 Å². The van der Waals surface area contributed by atoms with Crippen molar-refractivity contribution in [2.45, 2.75) is 17.0 Å². The van der Waals surface area contributed by atoms with Crippen LogP contribution in [0.2, 0.25) is 0 Å². The Hall–Kier alpha value is -4.53. The van der Waals surface area contributed by atoms with Crippen LogP contribution in [-0.4, -0.2) is 84.6 Å². The van der Waals surface area contributed by atoms with Crippen LogP contribution in [0.15, 0.2) is 82.8 Å². The van der Waals surface area contributed by atoms with Gasteiger partial charge in [0.1, 0.15) is 0 Å². The van der Waals surface area contributed by atoms with Crippen LogP contribution in [0.25, 0.3) is 17.1 Å². The van der Waals surface area contributed by atoms with Crippen LogP contribution in [-0.2, 0) is 19.6 Å². The number of primary amides is 1. The maximum absolute atomic E-state index is 12.7. The predicted molar refractivity (Wildman–Crippen MR) is 166 cm³/mol. The van der Waals surface area contributed by atoms with E-state index in [-0.39, 0.29) is 16.6 Å². The second-order valence-electron chi connectivity index (χ2n) is 9.64. The van der Waals surface area contributed by atoms with Gasteiger partial charge in [0.15, 0.2) is 11.0 Å². The van der Waals surface area contributed by atoms with Crippen molar-refractivity contribution in [1.29, 1.82) is 0 Å². The number of carbonyl (C=O) groups excluding carboxylic acids is 3. The fraction of sp³-hybridized carbons (Fsp3) is 0.207. The molecule has 1 heterocycles. The quantitative estimate of drug-likeness (QED) is 0.201. The second kappa shape index (κ2) is 14.6. The van der Waals surface area contributed by atoms with Gasteiger partial charge in [-0.3, -0.25) is 19.0 Å². The summed E-state index contributed by atoms with van der Waals surface area (Å²) in [5.41, 5.74) is 8.48. The molecule has 1 aromatic heterocycles. The average Bonchev–Trinajstić information content (AvgIpc) is 3.41. The summed E-state index contributed by atoms with van der Waals surface area (Å²) in [5, 5.41) is 11.9. The number of hydrogen-bond acceptors (Lipinski definition) is 8. The molecule has 0 saturated carbocycles. The summed E-state index contributed by atoms with van der Waals surface area (Å²) in [6.07, 6.45) is 0.750. The lowest BCUT2D eigenvalue weighted by Crippen LogP contribution is -2.22. The summed E-state index contributed by atoms with van der Waals surface area (Å²) in [5.74, 6) is -0.344. The first-order chi connectivity index (χ1) is 20.3. The van der Waals surface area contributed by atoms with E-state index in [1.807, 2.05) is 31.2 Å². The summed E-state index contributed by atoms with van der Waals surface area (Å²) in [6.45, 7) is 1.96. The smallest absolute Gasteiger partial charge is 0.248 e. The number of amides is 3. The highest BCUT2D eigenvalue weighted by atomic mass is 32.2. The van der Waals surface area contributed by atoms with Crippen LogP contribution >= 0.6 is 11.8 Å². The highest BCUT2D eigenvalue weighted by molar-refractivity contribution is 7.99. The minimum absolute atomic E-state index is 0.0383. The number of nitrogens with one attached hydrogen (secondary N) is 1. The lowest BCUT2D eigenvalue weighted by molar-refractivity contribution is -0.116. The van der Waals surface area contributed by atoms with Gasteiger partial charge in [-0.25, -0.2) is 12.7 Å². The van der Waals surface area contributed by atoms with Gasteiger partial charge in [-0.05, 0) is 61.0 Å². The molecule has 14 heteroatoms. The molecule has 3 N–H and O–H groups in total. The molecule has 3 amide bonds. The molecule has 43 heavy (non-hydrogen) atoms. The highest BCUT2D eigenvalue weighted by Crippen LogP contribution is 2.30. The molecular formula is C29H33N7O5S2. The van der Waals surface area contributed by atoms with E-state index >= 15 is 0 Å². The summed E-state index contributed by atoms with van der Waals surface area (Å²) in [6, 6.07) is 20.5. The lowest BCUT2D eigenvalue weighted by Gasteiger charge is -2.14. The molecule has 0 unspecified atom stereocenters. The molecule has 3 aromatic carbocycles. The van der Waals surface area contributed by atoms with Gasteiger partial charge < -0.3 is 16.0 Å². The number of rotatable bonds is 10. The first-order valence-corrected chi connectivity index (χ1v) is 15.3. The van der Waals surface area contributed by atoms with E-state index < -0.39 is 15.9 Å². The number of nitrogens with zero attached hydrogens (tertiary/aromatic N) is 5. The summed E-state index contributed by atoms with van der Waals surface area (Å²) < 4.78 is 28.4. The molecule has 0 atom stereocenters. The number of benzene rings is 3. The maximum Gasteiger partial charge on any atom is 0.248 e. The van der Waals surface area contributed by atoms with Crippen molar-refractivity contribution in [2.24, 2.45) is 5.73 Å². The van der Waals surface area contributed by atoms with Gasteiger partial charge in [0.2, 0.25) is 28.2 Å². The van der Waals surface area contributed by atoms with Gasteiger partial charge >= 0.3 is 0 Å². The molecule has 0 saturated heterocycles. The normalized spacial score (nSPS) is 10.9. The third-order valence-electron chi connectivity index (χ3n) is 5.76. The summed E-state index contributed by atoms with van der Waals surface area (Å²) >= 11 is 1.19. The number of sulfonamides is 1. The minimum Gasteiger partial charge on any atom is -0.366 e. The standard InChI is InChI=1S/C26H26N6O4S2.C3H7NO/c1-17-6-4-8-21(14-17)32-25(19-7-5-9-22(15-19)38(35,36)31(2)3)29-30-26(32)37-16-23(33)28-20-12-10-18(11-13-20)24(27)34;1-4(2)3-5/h4-15H,16H2,1-3H3,(H2,27,34)(H,28,33);3H,1-2H3. The first kappa shape index (κ1) is 33.0. The molecule has 0 spiro atoms. The molecular weight excluding hydrogens is 590 g/mol. The molecule has 4 rings (SSSR count). The number of nitrogens with two attached hydrogens (primary N) is 1. The number of aryl methyl sites for hydroxylation is 1. The van der Waals surface area contributed by atoms with Crippen molar-refractivity contribution in [2.75, 3.05) is 39.3 Å². The van der Waals surface area contributed by atoms with Crippen molar-refractivity contribution in [3.63, 3.8) is 0 Å². The van der Waals surface area contributed by atoms with Gasteiger partial charge in [0, 0.05) is 50.7 Å². The first-order valence-electron chi connectivity index (χ1n) is 12.8. The molecule has 0 bridgehead atoms. The van der Waals surface area contributed by atoms with Gasteiger partial charge in [-0.15, -0.1) is 10.2 Å². The zero-order chi connectivity index (χ0) is 31.7. The molecule has 4 aromatic rings. The van der Waals surface area contributed by atoms with Crippen molar-refractivity contribution in [3.8, 4) is 17.1 Å². The zero-order valence-electron chi connectivity index (χ0n) is 24.4. The fourth-order valence-electron chi connectivity index (χ4n) is 3.60. The Bertz CT molecular complexity index is 1700. The van der Waals surface area contributed by atoms with E-state index in [0.29, 0.717) is 27.8 Å². The van der Waals surface area contributed by atoms with Gasteiger partial charge in [0.05, 0.1) is 10.6 Å². The SMILES string of the molecule is CN(C)C=O.Cc1cccc(-n2c(SCC(=O)Nc3ccc(C(N)=O)cc3)nnc2-c2cccc(S(=O)(=O)N(C)C)c2)c1. The summed E-state index contributed by atoms with van der Waals surface area (Å²) in [4.78, 5) is 34.9. The van der Waals surface area contributed by atoms with E-state index in [9.17, 15) is 22.8 Å². The fourth-order valence-corrected chi connectivity index (χ4v) is 5.30. The van der Waals surface area contributed by atoms with E-state index in [1.54, 1.807) is 49.0 Å². The molecule has 226 valence electrons. The van der Waals surface area contributed by atoms with Crippen LogP contribution in [0.3, 0.4) is 0 Å². The average molecular weight is 624 g/mol. The molecule has 12 nitrogen and oxygen atoms in total. The number of thioether (sulfide) groups is 1. The highest BCUT2D eigenvalue weighted by Gasteiger charge is 2.21. The third-order valence-corrected chi connectivity index (χ3v) is 8.50. The lowest BCUT2D eigenvalue weighted by atomic mass is 10.2. The van der Waals surface area contributed by atoms with E-state index in [4.69, 9.17) is 5.73 Å². The van der Waals surface area contributed by atoms with Crippen LogP contribution in [0, 0.1) is 6.92 Å². The van der Waals surface area contributed by atoms with Crippen molar-refractivity contribution in [3.05, 3.63) is 83.9 Å². The van der Waals surface area contributed by atoms with Crippen molar-refractivity contribution in [1.82, 2.24) is 24.0 Å². The third kappa shape index (κ3) is 8.73. The Morgan fingerprint density at radius 2 is 1.63 bits per heavy atom. The van der Waals surface area contributed by atoms with Crippen LogP contribution in [0.5, 0.6) is 0 Å². The van der Waals surface area contributed by atoms with Crippen molar-refractivity contribution >= 4 is 45.7 Å². The molecule has 0 aliphatic heterocycles. The zero-order valence-corrected chi connectivity index (χ0v) is 26.0. The van der Waals surface area contributed by atoms with E-state index in [2.05, 4.69) is 15.5 Å². The molecule has 0 radical (unpaired) electrons. The molecule has 0 aliphatic carbocycles. The van der Waals surface area contributed by atoms with Gasteiger partial charge in [0.25, 0.3) is 0 Å². The monoisotopic (exact) mass is 623 g/mol. The molecule has 0 aliphatic rings. The number of carbonyl (C=O) groups is 3. The second-order valence-corrected chi connectivity index (χ2v) is 12.7.